The van der Waals surface area contributed by atoms with Gasteiger partial charge in [-0.15, -0.1) is 0 Å². The summed E-state index contributed by atoms with van der Waals surface area (Å²) in [5.41, 5.74) is 2.54. The van der Waals surface area contributed by atoms with Crippen LogP contribution in [-0.2, 0) is 36.0 Å². The first-order valence-electron chi connectivity index (χ1n) is 12.5. The van der Waals surface area contributed by atoms with E-state index in [1.165, 1.54) is 4.90 Å². The summed E-state index contributed by atoms with van der Waals surface area (Å²) < 4.78 is 31.6. The minimum Gasteiger partial charge on any atom is -0.508 e. The molecule has 16 nitrogen and oxygen atoms in total. The van der Waals surface area contributed by atoms with Crippen molar-refractivity contribution in [3.8, 4) is 5.75 Å². The van der Waals surface area contributed by atoms with Crippen LogP contribution in [0.4, 0.5) is 11.4 Å². The number of nitrogens with zero attached hydrogens (tertiary/aromatic N) is 2. The molecule has 230 valence electrons. The highest BCUT2D eigenvalue weighted by Crippen LogP contribution is 2.54. The number of ketones is 2. The van der Waals surface area contributed by atoms with E-state index in [9.17, 15) is 39.6 Å². The third kappa shape index (κ3) is 5.32. The zero-order chi connectivity index (χ0) is 32.1. The standard InChI is InChI=1S/C25H30N4O8.H2O4S/c1-5-29(4)14-8-13(27-9-30)19(31)16-11(14)6-10-7-12-18(28(2)3)21(33)17(24(26)36)23(35)25(12,37)22(34)15(10)20(16)32;1-5(2,3)4/h8-10,12,18,31-32,35,37H,5-7H2,1-4H3,(H2,26,36)(H,27,30);(H2,1,2,3,4)/t10?,12?,18-,25-;/m0./s1. The number of fused-ring (bicyclic) bond motifs is 3. The van der Waals surface area contributed by atoms with Crippen molar-refractivity contribution in [1.82, 2.24) is 4.90 Å². The highest BCUT2D eigenvalue weighted by molar-refractivity contribution is 7.79. The van der Waals surface area contributed by atoms with Gasteiger partial charge in [0.1, 0.15) is 22.8 Å². The first-order chi connectivity index (χ1) is 19.3. The zero-order valence-corrected chi connectivity index (χ0v) is 23.8. The Morgan fingerprint density at radius 2 is 1.76 bits per heavy atom. The molecule has 0 heterocycles. The molecule has 1 saturated carbocycles. The Morgan fingerprint density at radius 3 is 2.24 bits per heavy atom. The molecule has 1 fully saturated rings. The molecule has 0 radical (unpaired) electrons. The van der Waals surface area contributed by atoms with Gasteiger partial charge in [-0.2, -0.15) is 8.42 Å². The number of phenolic OH excluding ortho intramolecular Hbond substituents is 1. The Labute approximate surface area is 240 Å². The van der Waals surface area contributed by atoms with E-state index < -0.39 is 74.2 Å². The lowest BCUT2D eigenvalue weighted by Crippen LogP contribution is -2.65. The lowest BCUT2D eigenvalue weighted by molar-refractivity contribution is -0.153. The van der Waals surface area contributed by atoms with Crippen LogP contribution in [0.5, 0.6) is 5.75 Å². The maximum absolute atomic E-state index is 13.9. The normalized spacial score (nSPS) is 25.2. The van der Waals surface area contributed by atoms with E-state index in [0.717, 1.165) is 0 Å². The average molecular weight is 613 g/mol. The van der Waals surface area contributed by atoms with Gasteiger partial charge < -0.3 is 36.4 Å². The van der Waals surface area contributed by atoms with E-state index in [1.807, 2.05) is 11.8 Å². The number of hydrogen-bond acceptors (Lipinski definition) is 12. The highest BCUT2D eigenvalue weighted by Gasteiger charge is 2.64. The van der Waals surface area contributed by atoms with E-state index in [0.29, 0.717) is 24.2 Å². The molecule has 3 aliphatic rings. The molecule has 3 aliphatic carbocycles. The quantitative estimate of drug-likeness (QED) is 0.0857. The van der Waals surface area contributed by atoms with Gasteiger partial charge in [-0.25, -0.2) is 0 Å². The number of anilines is 2. The smallest absolute Gasteiger partial charge is 0.394 e. The number of benzene rings is 1. The third-order valence-corrected chi connectivity index (χ3v) is 7.80. The molecule has 0 aliphatic heterocycles. The van der Waals surface area contributed by atoms with E-state index >= 15 is 0 Å². The largest absolute Gasteiger partial charge is 0.508 e. The van der Waals surface area contributed by atoms with Crippen LogP contribution in [0.3, 0.4) is 0 Å². The number of carbonyl (C=O) groups is 4. The van der Waals surface area contributed by atoms with Crippen molar-refractivity contribution in [2.75, 3.05) is 37.9 Å². The molecule has 2 unspecified atom stereocenters. The summed E-state index contributed by atoms with van der Waals surface area (Å²) in [5.74, 6) is -7.25. The van der Waals surface area contributed by atoms with Crippen LogP contribution in [0.15, 0.2) is 23.0 Å². The first kappa shape index (κ1) is 32.5. The van der Waals surface area contributed by atoms with Crippen molar-refractivity contribution in [3.63, 3.8) is 0 Å². The molecule has 42 heavy (non-hydrogen) atoms. The Morgan fingerprint density at radius 1 is 1.19 bits per heavy atom. The topological polar surface area (TPSA) is 268 Å². The molecule has 0 spiro atoms. The van der Waals surface area contributed by atoms with Gasteiger partial charge in [0.05, 0.1) is 17.3 Å². The van der Waals surface area contributed by atoms with E-state index in [1.54, 1.807) is 27.2 Å². The molecule has 4 rings (SSSR count). The van der Waals surface area contributed by atoms with Gasteiger partial charge in [-0.05, 0) is 51.4 Å². The highest BCUT2D eigenvalue weighted by atomic mass is 32.3. The molecule has 0 aromatic heterocycles. The lowest BCUT2D eigenvalue weighted by atomic mass is 9.57. The predicted molar refractivity (Wildman–Crippen MR) is 147 cm³/mol. The molecule has 1 aromatic carbocycles. The zero-order valence-electron chi connectivity index (χ0n) is 23.0. The Bertz CT molecular complexity index is 1530. The number of phenols is 1. The lowest BCUT2D eigenvalue weighted by Gasteiger charge is -2.50. The monoisotopic (exact) mass is 612 g/mol. The average Bonchev–Trinajstić information content (AvgIpc) is 2.86. The summed E-state index contributed by atoms with van der Waals surface area (Å²) in [5, 5.41) is 47.2. The van der Waals surface area contributed by atoms with Crippen LogP contribution in [0.1, 0.15) is 24.5 Å². The molecular formula is C25H32N4O12S. The summed E-state index contributed by atoms with van der Waals surface area (Å²) in [6, 6.07) is 0.411. The summed E-state index contributed by atoms with van der Waals surface area (Å²) in [4.78, 5) is 53.5. The molecule has 0 saturated heterocycles. The number of aliphatic hydroxyl groups excluding tert-OH is 2. The number of nitrogens with one attached hydrogen (secondary N) is 1. The van der Waals surface area contributed by atoms with Crippen molar-refractivity contribution < 1.29 is 57.1 Å². The summed E-state index contributed by atoms with van der Waals surface area (Å²) >= 11 is 0. The van der Waals surface area contributed by atoms with Gasteiger partial charge in [0.25, 0.3) is 5.91 Å². The fourth-order valence-corrected chi connectivity index (χ4v) is 5.98. The van der Waals surface area contributed by atoms with Gasteiger partial charge in [-0.1, -0.05) is 0 Å². The number of primary amides is 1. The molecule has 4 atom stereocenters. The van der Waals surface area contributed by atoms with Crippen molar-refractivity contribution >= 4 is 51.4 Å². The Kier molecular flexibility index (Phi) is 8.76. The fraction of sp³-hybridized carbons (Fsp3) is 0.440. The van der Waals surface area contributed by atoms with Crippen LogP contribution in [0, 0.1) is 11.8 Å². The van der Waals surface area contributed by atoms with Crippen LogP contribution in [0.2, 0.25) is 0 Å². The third-order valence-electron chi connectivity index (χ3n) is 7.80. The minimum absolute atomic E-state index is 0.00383. The van der Waals surface area contributed by atoms with Gasteiger partial charge in [0, 0.05) is 30.8 Å². The summed E-state index contributed by atoms with van der Waals surface area (Å²) in [6.07, 6.45) is 0.514. The van der Waals surface area contributed by atoms with Crippen LogP contribution < -0.4 is 16.0 Å². The number of aromatic hydroxyl groups is 1. The molecule has 17 heteroatoms. The van der Waals surface area contributed by atoms with E-state index in [-0.39, 0.29) is 29.7 Å². The molecule has 9 N–H and O–H groups in total. The maximum Gasteiger partial charge on any atom is 0.394 e. The molecular weight excluding hydrogens is 580 g/mol. The van der Waals surface area contributed by atoms with Crippen LogP contribution in [0.25, 0.3) is 5.76 Å². The SMILES string of the molecule is CCN(C)c1cc(NC=O)c(O)c2c1CC1CC3[C@H](N(C)C)C(=O)C(C(N)=O)=C(O)[C@@]3(O)C(=O)C1=C2O.O=S(=O)(O)O. The van der Waals surface area contributed by atoms with Crippen molar-refractivity contribution in [2.45, 2.75) is 31.4 Å². The van der Waals surface area contributed by atoms with Crippen molar-refractivity contribution in [1.29, 1.82) is 0 Å². The van der Waals surface area contributed by atoms with Gasteiger partial charge in [-0.3, -0.25) is 33.2 Å². The number of amides is 2. The predicted octanol–water partition coefficient (Wildman–Crippen LogP) is -0.664. The second kappa shape index (κ2) is 11.3. The molecule has 1 aromatic rings. The van der Waals surface area contributed by atoms with E-state index in [2.05, 4.69) is 5.32 Å². The molecule has 2 amide bonds. The minimum atomic E-state index is -4.67. The molecule has 0 bridgehead atoms. The second-order valence-electron chi connectivity index (χ2n) is 10.3. The first-order valence-corrected chi connectivity index (χ1v) is 13.9. The number of nitrogens with two attached hydrogens (primary N) is 1. The Balaban J connectivity index is 0.000000892. The fourth-order valence-electron chi connectivity index (χ4n) is 5.98. The number of rotatable bonds is 6. The number of hydrogen-bond donors (Lipinski definition) is 8. The van der Waals surface area contributed by atoms with Crippen LogP contribution in [-0.4, -0.2) is 106 Å². The number of aliphatic hydroxyl groups is 3. The van der Waals surface area contributed by atoms with Gasteiger partial charge >= 0.3 is 10.4 Å². The number of Topliss-reactive ketones (excluding diaryl/α,β-unsaturated/α-hetero) is 2. The summed E-state index contributed by atoms with van der Waals surface area (Å²) in [6.45, 7) is 2.44. The second-order valence-corrected chi connectivity index (χ2v) is 11.2. The van der Waals surface area contributed by atoms with Crippen molar-refractivity contribution in [3.05, 3.63) is 34.1 Å². The maximum atomic E-state index is 13.9. The van der Waals surface area contributed by atoms with Crippen LogP contribution >= 0.6 is 0 Å². The Hall–Kier alpha value is -4.03. The summed E-state index contributed by atoms with van der Waals surface area (Å²) in [7, 11) is 0.206. The van der Waals surface area contributed by atoms with Gasteiger partial charge in [0.15, 0.2) is 11.4 Å². The number of likely N-dealkylation sites (N-methyl/N-ethyl adjacent to an activating group) is 1. The number of carbonyl (C=O) groups excluding carboxylic acids is 4. The van der Waals surface area contributed by atoms with Gasteiger partial charge in [0.2, 0.25) is 12.2 Å². The van der Waals surface area contributed by atoms with E-state index in [4.69, 9.17) is 23.3 Å². The van der Waals surface area contributed by atoms with Crippen molar-refractivity contribution in [2.24, 2.45) is 17.6 Å².